The molecule has 4 rings (SSSR count). The third kappa shape index (κ3) is 1.36. The molecule has 98 valence electrons. The van der Waals surface area contributed by atoms with Gasteiger partial charge in [-0.2, -0.15) is 0 Å². The van der Waals surface area contributed by atoms with Crippen molar-refractivity contribution in [3.63, 3.8) is 0 Å². The van der Waals surface area contributed by atoms with Gasteiger partial charge in [0.25, 0.3) is 0 Å². The minimum atomic E-state index is 0.0404. The molecule has 20 heavy (non-hydrogen) atoms. The molecule has 1 aromatic heterocycles. The van der Waals surface area contributed by atoms with Gasteiger partial charge in [0.1, 0.15) is 5.52 Å². The second-order valence-corrected chi connectivity index (χ2v) is 5.34. The van der Waals surface area contributed by atoms with Crippen molar-refractivity contribution in [2.24, 2.45) is 0 Å². The molecule has 0 unspecified atom stereocenters. The van der Waals surface area contributed by atoms with Crippen LogP contribution in [0.2, 0.25) is 5.02 Å². The van der Waals surface area contributed by atoms with Gasteiger partial charge in [0.05, 0.1) is 17.4 Å². The Labute approximate surface area is 120 Å². The van der Waals surface area contributed by atoms with Crippen molar-refractivity contribution >= 4 is 28.4 Å². The van der Waals surface area contributed by atoms with Gasteiger partial charge in [-0.05, 0) is 42.3 Å². The summed E-state index contributed by atoms with van der Waals surface area (Å²) in [6.45, 7) is 2.90. The van der Waals surface area contributed by atoms with Crippen LogP contribution in [-0.2, 0) is 6.54 Å². The van der Waals surface area contributed by atoms with Crippen LogP contribution in [0.25, 0.3) is 22.2 Å². The first kappa shape index (κ1) is 11.7. The van der Waals surface area contributed by atoms with E-state index in [9.17, 15) is 4.79 Å². The molecule has 0 amide bonds. The van der Waals surface area contributed by atoms with Crippen molar-refractivity contribution in [3.8, 4) is 11.1 Å². The number of rotatable bonds is 1. The molecule has 1 aliphatic rings. The lowest BCUT2D eigenvalue weighted by Crippen LogP contribution is -1.97. The maximum absolute atomic E-state index is 12.6. The SMILES string of the molecule is CCn1cnc2c3c(ccc21)-c1cc(Cl)ccc1C3=O. The van der Waals surface area contributed by atoms with Gasteiger partial charge in [-0.1, -0.05) is 17.7 Å². The molecule has 3 aromatic rings. The quantitative estimate of drug-likeness (QED) is 0.530. The highest BCUT2D eigenvalue weighted by Gasteiger charge is 2.29. The predicted molar refractivity (Wildman–Crippen MR) is 79.3 cm³/mol. The second kappa shape index (κ2) is 3.93. The maximum atomic E-state index is 12.6. The van der Waals surface area contributed by atoms with E-state index >= 15 is 0 Å². The van der Waals surface area contributed by atoms with Gasteiger partial charge in [-0.15, -0.1) is 0 Å². The largest absolute Gasteiger partial charge is 0.331 e. The van der Waals surface area contributed by atoms with Crippen LogP contribution in [0.15, 0.2) is 36.7 Å². The molecule has 1 heterocycles. The van der Waals surface area contributed by atoms with Crippen LogP contribution in [-0.4, -0.2) is 15.3 Å². The Morgan fingerprint density at radius 1 is 1.15 bits per heavy atom. The zero-order valence-corrected chi connectivity index (χ0v) is 11.6. The van der Waals surface area contributed by atoms with Gasteiger partial charge < -0.3 is 4.57 Å². The number of hydrogen-bond donors (Lipinski definition) is 0. The lowest BCUT2D eigenvalue weighted by atomic mass is 10.1. The van der Waals surface area contributed by atoms with E-state index in [4.69, 9.17) is 11.6 Å². The Bertz CT molecular complexity index is 880. The number of carbonyl (C=O) groups excluding carboxylic acids is 1. The summed E-state index contributed by atoms with van der Waals surface area (Å²) in [5.41, 5.74) is 5.03. The number of nitrogens with zero attached hydrogens (tertiary/aromatic N) is 2. The number of imidazole rings is 1. The van der Waals surface area contributed by atoms with Crippen molar-refractivity contribution in [1.29, 1.82) is 0 Å². The summed E-state index contributed by atoms with van der Waals surface area (Å²) in [4.78, 5) is 17.0. The Balaban J connectivity index is 2.10. The Morgan fingerprint density at radius 2 is 1.95 bits per heavy atom. The summed E-state index contributed by atoms with van der Waals surface area (Å²) in [6.07, 6.45) is 1.79. The second-order valence-electron chi connectivity index (χ2n) is 4.91. The summed E-state index contributed by atoms with van der Waals surface area (Å²) in [7, 11) is 0. The first-order valence-electron chi connectivity index (χ1n) is 6.53. The molecular weight excluding hydrogens is 272 g/mol. The molecule has 0 atom stereocenters. The molecule has 3 nitrogen and oxygen atoms in total. The third-order valence-electron chi connectivity index (χ3n) is 3.88. The number of carbonyl (C=O) groups is 1. The standard InChI is InChI=1S/C16H11ClN2O/c1-2-19-8-18-15-13(19)6-5-10-12-7-9(17)3-4-11(12)16(20)14(10)15/h3-8H,2H2,1H3. The monoisotopic (exact) mass is 282 g/mol. The molecule has 0 N–H and O–H groups in total. The van der Waals surface area contributed by atoms with Crippen LogP contribution >= 0.6 is 11.6 Å². The average Bonchev–Trinajstić information content (AvgIpc) is 2.98. The summed E-state index contributed by atoms with van der Waals surface area (Å²) in [6, 6.07) is 9.41. The highest BCUT2D eigenvalue weighted by molar-refractivity contribution is 6.32. The zero-order valence-electron chi connectivity index (χ0n) is 10.9. The number of fused-ring (bicyclic) bond motifs is 5. The number of benzene rings is 2. The van der Waals surface area contributed by atoms with Crippen molar-refractivity contribution < 1.29 is 4.79 Å². The Kier molecular flexibility index (Phi) is 2.30. The van der Waals surface area contributed by atoms with Crippen LogP contribution in [0.4, 0.5) is 0 Å². The minimum absolute atomic E-state index is 0.0404. The first-order valence-corrected chi connectivity index (χ1v) is 6.91. The van der Waals surface area contributed by atoms with Crippen LogP contribution < -0.4 is 0 Å². The minimum Gasteiger partial charge on any atom is -0.331 e. The van der Waals surface area contributed by atoms with Crippen LogP contribution in [0, 0.1) is 0 Å². The van der Waals surface area contributed by atoms with Gasteiger partial charge in [0, 0.05) is 17.1 Å². The fraction of sp³-hybridized carbons (Fsp3) is 0.125. The van der Waals surface area contributed by atoms with E-state index in [0.717, 1.165) is 28.7 Å². The molecule has 1 aliphatic carbocycles. The predicted octanol–water partition coefficient (Wildman–Crippen LogP) is 3.92. The summed E-state index contributed by atoms with van der Waals surface area (Å²) >= 11 is 6.05. The Morgan fingerprint density at radius 3 is 2.75 bits per heavy atom. The molecule has 0 bridgehead atoms. The van der Waals surface area contributed by atoms with E-state index in [1.165, 1.54) is 0 Å². The van der Waals surface area contributed by atoms with Gasteiger partial charge in [0.2, 0.25) is 0 Å². The highest BCUT2D eigenvalue weighted by Crippen LogP contribution is 2.40. The normalized spacial score (nSPS) is 12.8. The Hall–Kier alpha value is -2.13. The number of aromatic nitrogens is 2. The van der Waals surface area contributed by atoms with Crippen LogP contribution in [0.1, 0.15) is 22.8 Å². The molecule has 0 radical (unpaired) electrons. The smallest absolute Gasteiger partial charge is 0.196 e. The molecule has 2 aromatic carbocycles. The molecule has 4 heteroatoms. The van der Waals surface area contributed by atoms with Gasteiger partial charge in [-0.25, -0.2) is 4.98 Å². The van der Waals surface area contributed by atoms with Crippen molar-refractivity contribution in [3.05, 3.63) is 52.8 Å². The third-order valence-corrected chi connectivity index (χ3v) is 4.11. The van der Waals surface area contributed by atoms with Crippen molar-refractivity contribution in [1.82, 2.24) is 9.55 Å². The average molecular weight is 283 g/mol. The first-order chi connectivity index (χ1) is 9.70. The molecule has 0 fully saturated rings. The maximum Gasteiger partial charge on any atom is 0.196 e. The topological polar surface area (TPSA) is 34.9 Å². The number of halogens is 1. The molecule has 0 aliphatic heterocycles. The van der Waals surface area contributed by atoms with Gasteiger partial charge in [0.15, 0.2) is 5.78 Å². The number of ketones is 1. The van der Waals surface area contributed by atoms with Gasteiger partial charge >= 0.3 is 0 Å². The number of hydrogen-bond acceptors (Lipinski definition) is 2. The van der Waals surface area contributed by atoms with Crippen molar-refractivity contribution in [2.45, 2.75) is 13.5 Å². The highest BCUT2D eigenvalue weighted by atomic mass is 35.5. The number of aryl methyl sites for hydroxylation is 1. The summed E-state index contributed by atoms with van der Waals surface area (Å²) in [5.74, 6) is 0.0404. The molecule has 0 spiro atoms. The fourth-order valence-electron chi connectivity index (χ4n) is 2.91. The van der Waals surface area contributed by atoms with Crippen LogP contribution in [0.3, 0.4) is 0 Å². The van der Waals surface area contributed by atoms with E-state index in [0.29, 0.717) is 16.1 Å². The summed E-state index contributed by atoms with van der Waals surface area (Å²) < 4.78 is 2.04. The summed E-state index contributed by atoms with van der Waals surface area (Å²) in [5, 5.41) is 0.642. The van der Waals surface area contributed by atoms with Crippen molar-refractivity contribution in [2.75, 3.05) is 0 Å². The molecule has 0 saturated heterocycles. The van der Waals surface area contributed by atoms with E-state index in [1.807, 2.05) is 22.8 Å². The van der Waals surface area contributed by atoms with E-state index < -0.39 is 0 Å². The lowest BCUT2D eigenvalue weighted by Gasteiger charge is -2.02. The molecular formula is C16H11ClN2O. The molecule has 0 saturated carbocycles. The van der Waals surface area contributed by atoms with E-state index in [2.05, 4.69) is 11.9 Å². The fourth-order valence-corrected chi connectivity index (χ4v) is 3.08. The van der Waals surface area contributed by atoms with Crippen LogP contribution in [0.5, 0.6) is 0 Å². The lowest BCUT2D eigenvalue weighted by molar-refractivity contribution is 0.104. The zero-order chi connectivity index (χ0) is 13.9. The van der Waals surface area contributed by atoms with E-state index in [-0.39, 0.29) is 5.78 Å². The van der Waals surface area contributed by atoms with E-state index in [1.54, 1.807) is 18.5 Å². The van der Waals surface area contributed by atoms with Gasteiger partial charge in [-0.3, -0.25) is 4.79 Å².